The molecule has 2 aromatic carbocycles. The number of rotatable bonds is 5. The Balaban J connectivity index is 1.51. The molecule has 1 N–H and O–H groups in total. The fourth-order valence-electron chi connectivity index (χ4n) is 3.02. The van der Waals surface area contributed by atoms with Crippen molar-refractivity contribution in [1.82, 2.24) is 9.55 Å². The van der Waals surface area contributed by atoms with Crippen molar-refractivity contribution in [3.05, 3.63) is 86.4 Å². The highest BCUT2D eigenvalue weighted by Crippen LogP contribution is 2.24. The number of nitrogens with one attached hydrogen (secondary N) is 1. The zero-order chi connectivity index (χ0) is 20.5. The normalized spacial score (nSPS) is 12.6. The van der Waals surface area contributed by atoms with Gasteiger partial charge in [-0.2, -0.15) is 0 Å². The van der Waals surface area contributed by atoms with Gasteiger partial charge in [-0.25, -0.2) is 13.8 Å². The monoisotopic (exact) mass is 417 g/mol. The number of anilines is 1. The van der Waals surface area contributed by atoms with E-state index in [4.69, 9.17) is 16.3 Å². The summed E-state index contributed by atoms with van der Waals surface area (Å²) in [6.45, 7) is -0.0476. The predicted molar refractivity (Wildman–Crippen MR) is 102 cm³/mol. The molecule has 0 aliphatic carbocycles. The van der Waals surface area contributed by atoms with Crippen LogP contribution in [0.25, 0.3) is 0 Å². The van der Waals surface area contributed by atoms with Gasteiger partial charge in [-0.3, -0.25) is 14.2 Å². The van der Waals surface area contributed by atoms with Crippen LogP contribution < -0.4 is 15.6 Å². The summed E-state index contributed by atoms with van der Waals surface area (Å²) in [5, 5.41) is 2.50. The Morgan fingerprint density at radius 1 is 1.17 bits per heavy atom. The number of hydrogen-bond donors (Lipinski definition) is 1. The van der Waals surface area contributed by atoms with Gasteiger partial charge in [0.15, 0.2) is 5.02 Å². The van der Waals surface area contributed by atoms with Crippen LogP contribution in [0.4, 0.5) is 14.5 Å². The minimum atomic E-state index is -0.765. The van der Waals surface area contributed by atoms with Crippen molar-refractivity contribution in [3.8, 4) is 5.88 Å². The van der Waals surface area contributed by atoms with Gasteiger partial charge in [0.1, 0.15) is 24.6 Å². The number of carbonyl (C=O) groups is 1. The van der Waals surface area contributed by atoms with Crippen molar-refractivity contribution in [2.75, 3.05) is 5.32 Å². The number of ether oxygens (including phenoxy) is 1. The number of amides is 1. The average Bonchev–Trinajstić information content (AvgIpc) is 3.05. The number of benzene rings is 2. The van der Waals surface area contributed by atoms with Crippen molar-refractivity contribution in [3.63, 3.8) is 0 Å². The highest BCUT2D eigenvalue weighted by molar-refractivity contribution is 6.31. The lowest BCUT2D eigenvalue weighted by atomic mass is 10.1. The molecule has 3 aromatic rings. The first-order chi connectivity index (χ1) is 13.9. The number of halogens is 3. The van der Waals surface area contributed by atoms with Gasteiger partial charge in [0.05, 0.1) is 13.0 Å². The van der Waals surface area contributed by atoms with Gasteiger partial charge in [0.2, 0.25) is 11.8 Å². The van der Waals surface area contributed by atoms with Crippen LogP contribution >= 0.6 is 11.6 Å². The Morgan fingerprint density at radius 2 is 2.00 bits per heavy atom. The van der Waals surface area contributed by atoms with E-state index in [-0.39, 0.29) is 35.5 Å². The highest BCUT2D eigenvalue weighted by Gasteiger charge is 2.18. The van der Waals surface area contributed by atoms with Crippen molar-refractivity contribution < 1.29 is 18.3 Å². The minimum Gasteiger partial charge on any atom is -0.471 e. The molecule has 0 unspecified atom stereocenters. The van der Waals surface area contributed by atoms with Crippen LogP contribution in [0.5, 0.6) is 5.88 Å². The lowest BCUT2D eigenvalue weighted by Crippen LogP contribution is -2.22. The topological polar surface area (TPSA) is 73.2 Å². The summed E-state index contributed by atoms with van der Waals surface area (Å²) < 4.78 is 33.3. The van der Waals surface area contributed by atoms with E-state index in [9.17, 15) is 18.4 Å². The molecule has 4 rings (SSSR count). The molecule has 6 nitrogen and oxygen atoms in total. The van der Waals surface area contributed by atoms with E-state index in [1.165, 1.54) is 17.0 Å². The van der Waals surface area contributed by atoms with Gasteiger partial charge in [-0.05, 0) is 29.3 Å². The smallest absolute Gasteiger partial charge is 0.276 e. The molecule has 0 fully saturated rings. The van der Waals surface area contributed by atoms with E-state index >= 15 is 0 Å². The first-order valence-corrected chi connectivity index (χ1v) is 9.02. The van der Waals surface area contributed by atoms with Crippen molar-refractivity contribution in [1.29, 1.82) is 0 Å². The van der Waals surface area contributed by atoms with Crippen LogP contribution in [0.2, 0.25) is 5.02 Å². The summed E-state index contributed by atoms with van der Waals surface area (Å²) in [4.78, 5) is 28.0. The van der Waals surface area contributed by atoms with E-state index in [1.807, 2.05) is 6.07 Å². The third kappa shape index (κ3) is 3.97. The highest BCUT2D eigenvalue weighted by atomic mass is 35.5. The van der Waals surface area contributed by atoms with E-state index in [0.717, 1.165) is 28.9 Å². The first-order valence-electron chi connectivity index (χ1n) is 8.64. The van der Waals surface area contributed by atoms with Crippen molar-refractivity contribution >= 4 is 23.2 Å². The lowest BCUT2D eigenvalue weighted by molar-refractivity contribution is -0.115. The summed E-state index contributed by atoms with van der Waals surface area (Å²) in [6, 6.07) is 8.51. The number of nitrogens with zero attached hydrogens (tertiary/aromatic N) is 2. The van der Waals surface area contributed by atoms with Gasteiger partial charge in [0.25, 0.3) is 5.56 Å². The lowest BCUT2D eigenvalue weighted by Gasteiger charge is -2.11. The molecule has 1 aliphatic rings. The number of hydrogen-bond acceptors (Lipinski definition) is 4. The van der Waals surface area contributed by atoms with Crippen LogP contribution in [0.15, 0.2) is 47.5 Å². The molecule has 0 atom stereocenters. The van der Waals surface area contributed by atoms with Gasteiger partial charge in [-0.1, -0.05) is 23.7 Å². The van der Waals surface area contributed by atoms with E-state index in [0.29, 0.717) is 6.42 Å². The number of fused-ring (bicyclic) bond motifs is 1. The van der Waals surface area contributed by atoms with Crippen LogP contribution in [0.1, 0.15) is 16.7 Å². The maximum absolute atomic E-state index is 13.7. The fourth-order valence-corrected chi connectivity index (χ4v) is 3.24. The Kier molecular flexibility index (Phi) is 5.02. The third-order valence-corrected chi connectivity index (χ3v) is 4.80. The molecular formula is C20H14ClF2N3O3. The summed E-state index contributed by atoms with van der Waals surface area (Å²) in [6.07, 6.45) is 1.57. The maximum atomic E-state index is 13.7. The average molecular weight is 418 g/mol. The molecule has 1 amide bonds. The van der Waals surface area contributed by atoms with Crippen LogP contribution in [0.3, 0.4) is 0 Å². The standard InChI is InChI=1S/C20H14ClF2N3O3/c21-18-19(29-9-12-2-3-14(22)7-15(12)23)24-10-26(20(18)28)8-11-1-4-16-13(5-11)6-17(27)25-16/h1-5,7,10H,6,8-9H2,(H,25,27). The Morgan fingerprint density at radius 3 is 2.79 bits per heavy atom. The molecule has 29 heavy (non-hydrogen) atoms. The molecular weight excluding hydrogens is 404 g/mol. The predicted octanol–water partition coefficient (Wildman–Crippen LogP) is 3.30. The van der Waals surface area contributed by atoms with Gasteiger partial charge in [0, 0.05) is 17.3 Å². The van der Waals surface area contributed by atoms with E-state index in [2.05, 4.69) is 10.3 Å². The largest absolute Gasteiger partial charge is 0.471 e. The second-order valence-corrected chi connectivity index (χ2v) is 6.92. The number of aromatic nitrogens is 2. The second kappa shape index (κ2) is 7.63. The number of carbonyl (C=O) groups excluding carboxylic acids is 1. The Hall–Kier alpha value is -3.26. The van der Waals surface area contributed by atoms with E-state index < -0.39 is 17.2 Å². The summed E-state index contributed by atoms with van der Waals surface area (Å²) in [7, 11) is 0. The van der Waals surface area contributed by atoms with Crippen LogP contribution in [0, 0.1) is 11.6 Å². The molecule has 148 valence electrons. The quantitative estimate of drug-likeness (QED) is 0.691. The maximum Gasteiger partial charge on any atom is 0.276 e. The molecule has 1 aliphatic heterocycles. The molecule has 0 bridgehead atoms. The second-order valence-electron chi connectivity index (χ2n) is 6.54. The molecule has 9 heteroatoms. The zero-order valence-electron chi connectivity index (χ0n) is 14.9. The molecule has 0 saturated heterocycles. The zero-order valence-corrected chi connectivity index (χ0v) is 15.7. The van der Waals surface area contributed by atoms with Crippen molar-refractivity contribution in [2.45, 2.75) is 19.6 Å². The van der Waals surface area contributed by atoms with Crippen LogP contribution in [-0.2, 0) is 24.4 Å². The molecule has 0 spiro atoms. The third-order valence-electron chi connectivity index (χ3n) is 4.48. The molecule has 1 aromatic heterocycles. The SMILES string of the molecule is O=C1Cc2cc(Cn3cnc(OCc4ccc(F)cc4F)c(Cl)c3=O)ccc2N1. The van der Waals surface area contributed by atoms with Crippen LogP contribution in [-0.4, -0.2) is 15.5 Å². The first kappa shape index (κ1) is 19.1. The van der Waals surface area contributed by atoms with Gasteiger partial charge < -0.3 is 10.1 Å². The van der Waals surface area contributed by atoms with Gasteiger partial charge in [-0.15, -0.1) is 0 Å². The summed E-state index contributed by atoms with van der Waals surface area (Å²) in [5.41, 5.74) is 2.02. The van der Waals surface area contributed by atoms with Gasteiger partial charge >= 0.3 is 0 Å². The molecule has 0 radical (unpaired) electrons. The minimum absolute atomic E-state index is 0.0712. The van der Waals surface area contributed by atoms with Crippen molar-refractivity contribution in [2.24, 2.45) is 0 Å². The molecule has 2 heterocycles. The fraction of sp³-hybridized carbons (Fsp3) is 0.150. The summed E-state index contributed by atoms with van der Waals surface area (Å²) >= 11 is 6.08. The molecule has 0 saturated carbocycles. The Labute approximate surface area is 168 Å². The van der Waals surface area contributed by atoms with E-state index in [1.54, 1.807) is 12.1 Å². The summed E-state index contributed by atoms with van der Waals surface area (Å²) in [5.74, 6) is -1.67. The Bertz CT molecular complexity index is 1180.